The molecule has 0 aromatic rings. The Hall–Kier alpha value is -1.83. The van der Waals surface area contributed by atoms with Gasteiger partial charge in [-0.2, -0.15) is 0 Å². The average molecular weight is 287 g/mol. The number of hydrogen-bond acceptors (Lipinski definition) is 4. The van der Waals surface area contributed by atoms with Crippen molar-refractivity contribution in [3.63, 3.8) is 0 Å². The van der Waals surface area contributed by atoms with Crippen molar-refractivity contribution in [3.8, 4) is 0 Å². The van der Waals surface area contributed by atoms with Gasteiger partial charge < -0.3 is 27.6 Å². The minimum Gasteiger partial charge on any atom is -0.480 e. The summed E-state index contributed by atoms with van der Waals surface area (Å²) in [5.41, 5.74) is 16.1. The van der Waals surface area contributed by atoms with Crippen LogP contribution in [0.2, 0.25) is 0 Å². The highest BCUT2D eigenvalue weighted by atomic mass is 16.4. The summed E-state index contributed by atoms with van der Waals surface area (Å²) >= 11 is 0. The van der Waals surface area contributed by atoms with Crippen molar-refractivity contribution in [1.29, 1.82) is 0 Å². The summed E-state index contributed by atoms with van der Waals surface area (Å²) in [5.74, 6) is -1.60. The third-order valence-corrected chi connectivity index (χ3v) is 3.12. The zero-order valence-corrected chi connectivity index (χ0v) is 12.0. The Morgan fingerprint density at radius 1 is 1.35 bits per heavy atom. The molecule has 0 spiro atoms. The van der Waals surface area contributed by atoms with Gasteiger partial charge in [-0.05, 0) is 18.8 Å². The molecule has 0 aliphatic carbocycles. The van der Waals surface area contributed by atoms with Gasteiger partial charge in [0.15, 0.2) is 5.96 Å². The van der Waals surface area contributed by atoms with E-state index in [0.29, 0.717) is 13.0 Å². The Balaban J connectivity index is 4.37. The zero-order valence-electron chi connectivity index (χ0n) is 12.0. The van der Waals surface area contributed by atoms with Crippen molar-refractivity contribution in [2.24, 2.45) is 28.1 Å². The van der Waals surface area contributed by atoms with Crippen LogP contribution in [0.1, 0.15) is 33.1 Å². The van der Waals surface area contributed by atoms with Gasteiger partial charge >= 0.3 is 5.97 Å². The molecule has 1 unspecified atom stereocenters. The Bertz CT molecular complexity index is 355. The molecule has 0 saturated carbocycles. The lowest BCUT2D eigenvalue weighted by atomic mass is 9.99. The lowest BCUT2D eigenvalue weighted by Gasteiger charge is -2.21. The molecule has 0 rings (SSSR count). The molecule has 0 radical (unpaired) electrons. The van der Waals surface area contributed by atoms with Gasteiger partial charge in [0.05, 0.1) is 6.04 Å². The number of rotatable bonds is 9. The van der Waals surface area contributed by atoms with Crippen molar-refractivity contribution in [2.45, 2.75) is 45.2 Å². The van der Waals surface area contributed by atoms with Gasteiger partial charge in [-0.25, -0.2) is 4.79 Å². The van der Waals surface area contributed by atoms with E-state index in [-0.39, 0.29) is 18.3 Å². The summed E-state index contributed by atoms with van der Waals surface area (Å²) in [6.07, 6.45) is 1.44. The van der Waals surface area contributed by atoms with Crippen molar-refractivity contribution in [2.75, 3.05) is 6.54 Å². The van der Waals surface area contributed by atoms with Crippen LogP contribution in [0, 0.1) is 5.92 Å². The summed E-state index contributed by atoms with van der Waals surface area (Å²) in [6.45, 7) is 4.08. The second kappa shape index (κ2) is 9.13. The summed E-state index contributed by atoms with van der Waals surface area (Å²) in [4.78, 5) is 26.7. The number of nitrogens with two attached hydrogens (primary N) is 3. The van der Waals surface area contributed by atoms with E-state index in [9.17, 15) is 9.59 Å². The highest BCUT2D eigenvalue weighted by molar-refractivity contribution is 5.86. The highest BCUT2D eigenvalue weighted by Crippen LogP contribution is 2.06. The molecule has 8 heteroatoms. The third-order valence-electron chi connectivity index (χ3n) is 3.12. The van der Waals surface area contributed by atoms with Crippen LogP contribution < -0.4 is 22.5 Å². The molecule has 20 heavy (non-hydrogen) atoms. The molecule has 0 heterocycles. The molecule has 8 N–H and O–H groups in total. The molecule has 0 fully saturated rings. The van der Waals surface area contributed by atoms with E-state index < -0.39 is 24.0 Å². The normalized spacial score (nSPS) is 14.9. The molecule has 116 valence electrons. The maximum Gasteiger partial charge on any atom is 0.326 e. The first-order chi connectivity index (χ1) is 9.29. The van der Waals surface area contributed by atoms with Crippen LogP contribution in [-0.4, -0.2) is 41.6 Å². The standard InChI is InChI=1S/C12H25N5O3/c1-3-7(2)9(13)10(18)17-8(11(19)20)5-4-6-16-12(14)15/h7-9H,3-6,13H2,1-2H3,(H,17,18)(H,19,20)(H4,14,15,16)/t7?,8-,9-/m1/s1. The third kappa shape index (κ3) is 6.93. The smallest absolute Gasteiger partial charge is 0.326 e. The Labute approximate surface area is 118 Å². The summed E-state index contributed by atoms with van der Waals surface area (Å²) in [5, 5.41) is 11.5. The van der Waals surface area contributed by atoms with Crippen molar-refractivity contribution >= 4 is 17.8 Å². The number of aliphatic imine (C=N–C) groups is 1. The van der Waals surface area contributed by atoms with Crippen molar-refractivity contribution in [1.82, 2.24) is 5.32 Å². The molecule has 0 saturated heterocycles. The van der Waals surface area contributed by atoms with Crippen LogP contribution >= 0.6 is 0 Å². The number of nitrogens with zero attached hydrogens (tertiary/aromatic N) is 1. The number of carbonyl (C=O) groups excluding carboxylic acids is 1. The van der Waals surface area contributed by atoms with Crippen molar-refractivity contribution in [3.05, 3.63) is 0 Å². The zero-order chi connectivity index (χ0) is 15.7. The number of carboxylic acids is 1. The monoisotopic (exact) mass is 287 g/mol. The average Bonchev–Trinajstić information content (AvgIpc) is 2.39. The van der Waals surface area contributed by atoms with E-state index in [0.717, 1.165) is 6.42 Å². The second-order valence-corrected chi connectivity index (χ2v) is 4.76. The van der Waals surface area contributed by atoms with Crippen LogP contribution in [0.3, 0.4) is 0 Å². The van der Waals surface area contributed by atoms with Gasteiger partial charge in [-0.1, -0.05) is 20.3 Å². The van der Waals surface area contributed by atoms with Crippen LogP contribution in [-0.2, 0) is 9.59 Å². The Kier molecular flexibility index (Phi) is 8.30. The summed E-state index contributed by atoms with van der Waals surface area (Å²) in [6, 6.07) is -1.69. The number of nitrogens with one attached hydrogen (secondary N) is 1. The van der Waals surface area contributed by atoms with Gasteiger partial charge in [0.25, 0.3) is 0 Å². The quantitative estimate of drug-likeness (QED) is 0.207. The fourth-order valence-electron chi connectivity index (χ4n) is 1.54. The molecule has 0 aromatic heterocycles. The molecule has 0 aliphatic rings. The predicted octanol–water partition coefficient (Wildman–Crippen LogP) is -1.02. The Morgan fingerprint density at radius 3 is 2.40 bits per heavy atom. The summed E-state index contributed by atoms with van der Waals surface area (Å²) < 4.78 is 0. The molecule has 8 nitrogen and oxygen atoms in total. The van der Waals surface area contributed by atoms with E-state index in [1.165, 1.54) is 0 Å². The van der Waals surface area contributed by atoms with E-state index >= 15 is 0 Å². The summed E-state index contributed by atoms with van der Waals surface area (Å²) in [7, 11) is 0. The van der Waals surface area contributed by atoms with Crippen molar-refractivity contribution < 1.29 is 14.7 Å². The van der Waals surface area contributed by atoms with Gasteiger partial charge in [0, 0.05) is 6.54 Å². The molecule has 3 atom stereocenters. The van der Waals surface area contributed by atoms with Gasteiger partial charge in [0.1, 0.15) is 6.04 Å². The molecular formula is C12H25N5O3. The molecule has 0 bridgehead atoms. The molecule has 0 aliphatic heterocycles. The van der Waals surface area contributed by atoms with Crippen LogP contribution in [0.25, 0.3) is 0 Å². The molecule has 1 amide bonds. The Morgan fingerprint density at radius 2 is 1.95 bits per heavy atom. The number of carboxylic acid groups (broad SMARTS) is 1. The number of amides is 1. The maximum atomic E-state index is 11.8. The van der Waals surface area contributed by atoms with Crippen LogP contribution in [0.15, 0.2) is 4.99 Å². The van der Waals surface area contributed by atoms with E-state index in [1.807, 2.05) is 13.8 Å². The number of guanidine groups is 1. The minimum absolute atomic E-state index is 0.00826. The van der Waals surface area contributed by atoms with Gasteiger partial charge in [-0.15, -0.1) is 0 Å². The highest BCUT2D eigenvalue weighted by Gasteiger charge is 2.25. The van der Waals surface area contributed by atoms with E-state index in [1.54, 1.807) is 0 Å². The van der Waals surface area contributed by atoms with Gasteiger partial charge in [0.2, 0.25) is 5.91 Å². The number of hydrogen-bond donors (Lipinski definition) is 5. The maximum absolute atomic E-state index is 11.8. The lowest BCUT2D eigenvalue weighted by molar-refractivity contribution is -0.142. The topological polar surface area (TPSA) is 157 Å². The minimum atomic E-state index is -1.10. The molecular weight excluding hydrogens is 262 g/mol. The number of aliphatic carboxylic acids is 1. The fourth-order valence-corrected chi connectivity index (χ4v) is 1.54. The van der Waals surface area contributed by atoms with E-state index in [4.69, 9.17) is 22.3 Å². The predicted molar refractivity (Wildman–Crippen MR) is 76.9 cm³/mol. The lowest BCUT2D eigenvalue weighted by Crippen LogP contribution is -2.50. The first kappa shape index (κ1) is 18.2. The van der Waals surface area contributed by atoms with Crippen LogP contribution in [0.5, 0.6) is 0 Å². The number of carbonyl (C=O) groups is 2. The molecule has 0 aromatic carbocycles. The van der Waals surface area contributed by atoms with Crippen LogP contribution in [0.4, 0.5) is 0 Å². The second-order valence-electron chi connectivity index (χ2n) is 4.76. The largest absolute Gasteiger partial charge is 0.480 e. The first-order valence-corrected chi connectivity index (χ1v) is 6.63. The fraction of sp³-hybridized carbons (Fsp3) is 0.750. The van der Waals surface area contributed by atoms with E-state index in [2.05, 4.69) is 10.3 Å². The van der Waals surface area contributed by atoms with Gasteiger partial charge in [-0.3, -0.25) is 9.79 Å². The first-order valence-electron chi connectivity index (χ1n) is 6.63. The SMILES string of the molecule is CCC(C)[C@@H](N)C(=O)N[C@H](CCCN=C(N)N)C(=O)O.